The number of nitrogen functional groups attached to an aromatic ring is 1. The maximum absolute atomic E-state index is 13.0. The summed E-state index contributed by atoms with van der Waals surface area (Å²) in [7, 11) is 0. The Morgan fingerprint density at radius 1 is 1.31 bits per heavy atom. The molecule has 0 aliphatic carbocycles. The molecule has 0 radical (unpaired) electrons. The topological polar surface area (TPSA) is 90.6 Å². The maximum atomic E-state index is 13.0. The normalized spacial score (nSPS) is 17.5. The Kier molecular flexibility index (Phi) is 4.82. The molecule has 0 saturated carbocycles. The quantitative estimate of drug-likeness (QED) is 0.906. The van der Waals surface area contributed by atoms with Gasteiger partial charge < -0.3 is 20.1 Å². The van der Waals surface area contributed by atoms with E-state index in [1.54, 1.807) is 4.90 Å². The zero-order chi connectivity index (χ0) is 18.9. The molecule has 1 unspecified atom stereocenters. The Morgan fingerprint density at radius 3 is 2.65 bits per heavy atom. The standard InChI is InChI=1S/C19H24N4O3/c1-5-25-19(3,4)13-6-8-14(9-7-13)23-10-12(2)26-17-15(18(23)24)16(20)21-11-22-17/h6-9,11-12H,5,10H2,1-4H3,(H2,20,21,22). The number of rotatable bonds is 4. The molecule has 138 valence electrons. The van der Waals surface area contributed by atoms with E-state index in [1.165, 1.54) is 6.33 Å². The van der Waals surface area contributed by atoms with Crippen molar-refractivity contribution in [2.75, 3.05) is 23.8 Å². The van der Waals surface area contributed by atoms with Crippen LogP contribution in [0.5, 0.6) is 5.88 Å². The minimum atomic E-state index is -0.392. The first-order valence-electron chi connectivity index (χ1n) is 8.67. The summed E-state index contributed by atoms with van der Waals surface area (Å²) < 4.78 is 11.5. The van der Waals surface area contributed by atoms with Crippen molar-refractivity contribution in [1.29, 1.82) is 0 Å². The molecule has 3 rings (SSSR count). The van der Waals surface area contributed by atoms with E-state index < -0.39 is 5.60 Å². The van der Waals surface area contributed by atoms with Crippen LogP contribution in [0.15, 0.2) is 30.6 Å². The largest absolute Gasteiger partial charge is 0.472 e. The molecule has 1 aromatic carbocycles. The minimum Gasteiger partial charge on any atom is -0.472 e. The fraction of sp³-hybridized carbons (Fsp3) is 0.421. The third-order valence-electron chi connectivity index (χ3n) is 4.43. The van der Waals surface area contributed by atoms with E-state index in [1.807, 2.05) is 52.0 Å². The van der Waals surface area contributed by atoms with Gasteiger partial charge in [-0.3, -0.25) is 4.79 Å². The Bertz CT molecular complexity index is 805. The molecule has 0 saturated heterocycles. The van der Waals surface area contributed by atoms with Gasteiger partial charge in [-0.1, -0.05) is 12.1 Å². The van der Waals surface area contributed by atoms with Crippen molar-refractivity contribution < 1.29 is 14.3 Å². The van der Waals surface area contributed by atoms with Gasteiger partial charge in [0.15, 0.2) is 0 Å². The number of nitrogens with zero attached hydrogens (tertiary/aromatic N) is 3. The Balaban J connectivity index is 1.96. The molecule has 1 aliphatic heterocycles. The second-order valence-electron chi connectivity index (χ2n) is 6.77. The van der Waals surface area contributed by atoms with Crippen molar-refractivity contribution in [3.8, 4) is 5.88 Å². The van der Waals surface area contributed by atoms with Crippen LogP contribution in [0.4, 0.5) is 11.5 Å². The van der Waals surface area contributed by atoms with Crippen LogP contribution in [0, 0.1) is 0 Å². The Morgan fingerprint density at radius 2 is 2.00 bits per heavy atom. The van der Waals surface area contributed by atoms with Gasteiger partial charge in [0.2, 0.25) is 5.88 Å². The molecule has 26 heavy (non-hydrogen) atoms. The van der Waals surface area contributed by atoms with Gasteiger partial charge in [-0.2, -0.15) is 0 Å². The molecule has 1 aromatic heterocycles. The van der Waals surface area contributed by atoms with E-state index in [2.05, 4.69) is 9.97 Å². The number of amides is 1. The molecule has 1 atom stereocenters. The Hall–Kier alpha value is -2.67. The highest BCUT2D eigenvalue weighted by Crippen LogP contribution is 2.31. The molecule has 1 amide bonds. The highest BCUT2D eigenvalue weighted by atomic mass is 16.5. The van der Waals surface area contributed by atoms with E-state index in [0.717, 1.165) is 11.3 Å². The third-order valence-corrected chi connectivity index (χ3v) is 4.43. The SMILES string of the molecule is CCOC(C)(C)c1ccc(N2CC(C)Oc3ncnc(N)c3C2=O)cc1. The zero-order valence-electron chi connectivity index (χ0n) is 15.5. The number of carbonyl (C=O) groups excluding carboxylic acids is 1. The van der Waals surface area contributed by atoms with Crippen LogP contribution in [0.3, 0.4) is 0 Å². The molecule has 0 fully saturated rings. The van der Waals surface area contributed by atoms with Crippen molar-refractivity contribution in [2.45, 2.75) is 39.4 Å². The van der Waals surface area contributed by atoms with Crippen LogP contribution in [0.25, 0.3) is 0 Å². The molecule has 0 spiro atoms. The molecular weight excluding hydrogens is 332 g/mol. The second-order valence-corrected chi connectivity index (χ2v) is 6.77. The summed E-state index contributed by atoms with van der Waals surface area (Å²) in [6.45, 7) is 8.92. The lowest BCUT2D eigenvalue weighted by Crippen LogP contribution is -2.36. The summed E-state index contributed by atoms with van der Waals surface area (Å²) in [5, 5.41) is 0. The second kappa shape index (κ2) is 6.92. The lowest BCUT2D eigenvalue weighted by Gasteiger charge is -2.27. The molecule has 0 bridgehead atoms. The number of ether oxygens (including phenoxy) is 2. The molecule has 7 nitrogen and oxygen atoms in total. The fourth-order valence-corrected chi connectivity index (χ4v) is 3.08. The summed E-state index contributed by atoms with van der Waals surface area (Å²) in [6.07, 6.45) is 1.07. The van der Waals surface area contributed by atoms with Crippen molar-refractivity contribution >= 4 is 17.4 Å². The first kappa shape index (κ1) is 18.1. The Labute approximate surface area is 153 Å². The number of fused-ring (bicyclic) bond motifs is 1. The lowest BCUT2D eigenvalue weighted by molar-refractivity contribution is -0.0140. The monoisotopic (exact) mass is 356 g/mol. The van der Waals surface area contributed by atoms with Gasteiger partial charge in [0, 0.05) is 12.3 Å². The number of carbonyl (C=O) groups is 1. The lowest BCUT2D eigenvalue weighted by atomic mass is 9.97. The number of anilines is 2. The van der Waals surface area contributed by atoms with Gasteiger partial charge in [0.25, 0.3) is 5.91 Å². The van der Waals surface area contributed by atoms with Crippen LogP contribution in [0.1, 0.15) is 43.6 Å². The number of hydrogen-bond acceptors (Lipinski definition) is 6. The number of benzene rings is 1. The average molecular weight is 356 g/mol. The van der Waals surface area contributed by atoms with Crippen molar-refractivity contribution in [2.24, 2.45) is 0 Å². The fourth-order valence-electron chi connectivity index (χ4n) is 3.08. The summed E-state index contributed by atoms with van der Waals surface area (Å²) in [5.74, 6) is 0.0825. The predicted molar refractivity (Wildman–Crippen MR) is 99.3 cm³/mol. The van der Waals surface area contributed by atoms with E-state index in [9.17, 15) is 4.79 Å². The van der Waals surface area contributed by atoms with Gasteiger partial charge in [-0.05, 0) is 45.4 Å². The first-order chi connectivity index (χ1) is 12.3. The average Bonchev–Trinajstić information content (AvgIpc) is 2.72. The number of aromatic nitrogens is 2. The summed E-state index contributed by atoms with van der Waals surface area (Å²) in [6, 6.07) is 7.76. The minimum absolute atomic E-state index is 0.119. The van der Waals surface area contributed by atoms with Crippen LogP contribution in [0.2, 0.25) is 0 Å². The molecule has 7 heteroatoms. The van der Waals surface area contributed by atoms with Crippen molar-refractivity contribution in [3.63, 3.8) is 0 Å². The highest BCUT2D eigenvalue weighted by Gasteiger charge is 2.31. The van der Waals surface area contributed by atoms with E-state index in [4.69, 9.17) is 15.2 Å². The first-order valence-corrected chi connectivity index (χ1v) is 8.67. The van der Waals surface area contributed by atoms with Crippen LogP contribution >= 0.6 is 0 Å². The van der Waals surface area contributed by atoms with Crippen molar-refractivity contribution in [1.82, 2.24) is 9.97 Å². The summed E-state index contributed by atoms with van der Waals surface area (Å²) >= 11 is 0. The molecule has 2 heterocycles. The van der Waals surface area contributed by atoms with Gasteiger partial charge >= 0.3 is 0 Å². The summed E-state index contributed by atoms with van der Waals surface area (Å²) in [5.41, 5.74) is 7.52. The number of hydrogen-bond donors (Lipinski definition) is 1. The smallest absolute Gasteiger partial charge is 0.267 e. The van der Waals surface area contributed by atoms with Gasteiger partial charge in [-0.25, -0.2) is 9.97 Å². The summed E-state index contributed by atoms with van der Waals surface area (Å²) in [4.78, 5) is 22.7. The van der Waals surface area contributed by atoms with E-state index in [0.29, 0.717) is 13.2 Å². The van der Waals surface area contributed by atoms with Gasteiger partial charge in [-0.15, -0.1) is 0 Å². The molecule has 1 aliphatic rings. The van der Waals surface area contributed by atoms with Crippen molar-refractivity contribution in [3.05, 3.63) is 41.7 Å². The zero-order valence-corrected chi connectivity index (χ0v) is 15.5. The van der Waals surface area contributed by atoms with E-state index in [-0.39, 0.29) is 29.3 Å². The molecular formula is C19H24N4O3. The molecule has 2 aromatic rings. The third kappa shape index (κ3) is 3.35. The van der Waals surface area contributed by atoms with Gasteiger partial charge in [0.05, 0.1) is 12.1 Å². The predicted octanol–water partition coefficient (Wildman–Crippen LogP) is 2.76. The van der Waals surface area contributed by atoms with Gasteiger partial charge in [0.1, 0.15) is 23.8 Å². The maximum Gasteiger partial charge on any atom is 0.267 e. The highest BCUT2D eigenvalue weighted by molar-refractivity contribution is 6.10. The molecule has 2 N–H and O–H groups in total. The van der Waals surface area contributed by atoms with Crippen LogP contribution < -0.4 is 15.4 Å². The van der Waals surface area contributed by atoms with E-state index >= 15 is 0 Å². The number of nitrogens with two attached hydrogens (primary N) is 1. The van der Waals surface area contributed by atoms with Crippen LogP contribution in [-0.2, 0) is 10.3 Å². The van der Waals surface area contributed by atoms with Crippen LogP contribution in [-0.4, -0.2) is 35.1 Å².